The summed E-state index contributed by atoms with van der Waals surface area (Å²) in [5.74, 6) is 0. The topological polar surface area (TPSA) is 33.1 Å². The summed E-state index contributed by atoms with van der Waals surface area (Å²) < 4.78 is 2.07. The van der Waals surface area contributed by atoms with Gasteiger partial charge < -0.3 is 10.2 Å². The summed E-state index contributed by atoms with van der Waals surface area (Å²) in [5.41, 5.74) is 4.96. The van der Waals surface area contributed by atoms with E-state index in [2.05, 4.69) is 78.3 Å². The second-order valence-electron chi connectivity index (χ2n) is 6.20. The van der Waals surface area contributed by atoms with Gasteiger partial charge in [0.25, 0.3) is 0 Å². The third kappa shape index (κ3) is 4.42. The first-order valence-corrected chi connectivity index (χ1v) is 7.97. The first kappa shape index (κ1) is 16.7. The zero-order valence-electron chi connectivity index (χ0n) is 14.4. The van der Waals surface area contributed by atoms with E-state index in [1.54, 1.807) is 0 Å². The van der Waals surface area contributed by atoms with Crippen molar-refractivity contribution in [2.24, 2.45) is 0 Å². The molecule has 0 radical (unpaired) electrons. The lowest BCUT2D eigenvalue weighted by atomic mass is 10.0. The van der Waals surface area contributed by atoms with Crippen LogP contribution in [0.15, 0.2) is 30.3 Å². The molecule has 4 nitrogen and oxygen atoms in total. The fraction of sp³-hybridized carbons (Fsp3) is 0.500. The molecule has 120 valence electrons. The maximum atomic E-state index is 4.52. The van der Waals surface area contributed by atoms with Crippen molar-refractivity contribution in [3.8, 4) is 0 Å². The molecule has 2 aromatic rings. The minimum Gasteiger partial charge on any atom is -0.308 e. The first-order valence-electron chi connectivity index (χ1n) is 7.97. The fourth-order valence-corrected chi connectivity index (χ4v) is 2.69. The predicted molar refractivity (Wildman–Crippen MR) is 92.0 cm³/mol. The van der Waals surface area contributed by atoms with Crippen LogP contribution in [0.2, 0.25) is 0 Å². The number of aryl methyl sites for hydroxylation is 3. The van der Waals surface area contributed by atoms with E-state index in [4.69, 9.17) is 0 Å². The molecule has 1 unspecified atom stereocenters. The molecular formula is C18H28N4. The molecule has 1 atom stereocenters. The molecule has 1 aromatic carbocycles. The predicted octanol–water partition coefficient (Wildman–Crippen LogP) is 2.91. The zero-order valence-corrected chi connectivity index (χ0v) is 14.4. The zero-order chi connectivity index (χ0) is 16.1. The minimum atomic E-state index is 0.316. The molecule has 0 aliphatic carbocycles. The molecular weight excluding hydrogens is 272 g/mol. The Bertz CT molecular complexity index is 584. The van der Waals surface area contributed by atoms with Gasteiger partial charge in [-0.05, 0) is 46.5 Å². The van der Waals surface area contributed by atoms with Gasteiger partial charge in [-0.2, -0.15) is 5.10 Å². The van der Waals surface area contributed by atoms with Crippen LogP contribution in [0.25, 0.3) is 0 Å². The highest BCUT2D eigenvalue weighted by Gasteiger charge is 2.13. The Labute approximate surface area is 134 Å². The lowest BCUT2D eigenvalue weighted by Gasteiger charge is -2.23. The van der Waals surface area contributed by atoms with Crippen molar-refractivity contribution < 1.29 is 0 Å². The Kier molecular flexibility index (Phi) is 5.75. The van der Waals surface area contributed by atoms with E-state index in [-0.39, 0.29) is 0 Å². The Morgan fingerprint density at radius 1 is 1.18 bits per heavy atom. The van der Waals surface area contributed by atoms with Crippen LogP contribution in [0.5, 0.6) is 0 Å². The van der Waals surface area contributed by atoms with Gasteiger partial charge in [0, 0.05) is 25.7 Å². The highest BCUT2D eigenvalue weighted by Crippen LogP contribution is 2.16. The second-order valence-corrected chi connectivity index (χ2v) is 6.20. The number of hydrogen-bond donors (Lipinski definition) is 1. The van der Waals surface area contributed by atoms with E-state index in [1.807, 2.05) is 6.92 Å². The number of benzene rings is 1. The van der Waals surface area contributed by atoms with Gasteiger partial charge >= 0.3 is 0 Å². The van der Waals surface area contributed by atoms with E-state index in [0.29, 0.717) is 6.04 Å². The molecule has 0 spiro atoms. The summed E-state index contributed by atoms with van der Waals surface area (Å²) in [6.07, 6.45) is 0. The lowest BCUT2D eigenvalue weighted by Crippen LogP contribution is -2.31. The summed E-state index contributed by atoms with van der Waals surface area (Å²) >= 11 is 0. The van der Waals surface area contributed by atoms with E-state index in [1.165, 1.54) is 16.8 Å². The van der Waals surface area contributed by atoms with E-state index >= 15 is 0 Å². The van der Waals surface area contributed by atoms with Crippen LogP contribution in [0.4, 0.5) is 0 Å². The summed E-state index contributed by atoms with van der Waals surface area (Å²) in [6, 6.07) is 11.3. The molecule has 0 saturated heterocycles. The van der Waals surface area contributed by atoms with Crippen LogP contribution in [0, 0.1) is 13.8 Å². The SMILES string of the molecule is CCn1nc(C)cc1CNC(CN(C)C)c1ccc(C)cc1. The van der Waals surface area contributed by atoms with Gasteiger partial charge in [-0.25, -0.2) is 0 Å². The van der Waals surface area contributed by atoms with Crippen LogP contribution >= 0.6 is 0 Å². The minimum absolute atomic E-state index is 0.316. The average molecular weight is 300 g/mol. The van der Waals surface area contributed by atoms with Gasteiger partial charge in [0.1, 0.15) is 0 Å². The molecule has 0 amide bonds. The molecule has 22 heavy (non-hydrogen) atoms. The normalized spacial score (nSPS) is 12.8. The molecule has 1 N–H and O–H groups in total. The van der Waals surface area contributed by atoms with Gasteiger partial charge in [0.15, 0.2) is 0 Å². The van der Waals surface area contributed by atoms with Gasteiger partial charge in [-0.15, -0.1) is 0 Å². The molecule has 4 heteroatoms. The van der Waals surface area contributed by atoms with Crippen molar-refractivity contribution in [2.45, 2.75) is 39.9 Å². The average Bonchev–Trinajstić information content (AvgIpc) is 2.84. The lowest BCUT2D eigenvalue weighted by molar-refractivity contribution is 0.338. The van der Waals surface area contributed by atoms with Crippen molar-refractivity contribution in [3.63, 3.8) is 0 Å². The number of hydrogen-bond acceptors (Lipinski definition) is 3. The molecule has 0 saturated carbocycles. The highest BCUT2D eigenvalue weighted by molar-refractivity contribution is 5.24. The smallest absolute Gasteiger partial charge is 0.0597 e. The molecule has 0 fully saturated rings. The van der Waals surface area contributed by atoms with Crippen LogP contribution < -0.4 is 5.32 Å². The standard InChI is InChI=1S/C18H28N4/c1-6-22-17(11-15(3)20-22)12-19-18(13-21(4)5)16-9-7-14(2)8-10-16/h7-11,18-19H,6,12-13H2,1-5H3. The van der Waals surface area contributed by atoms with Crippen LogP contribution in [0.1, 0.15) is 35.5 Å². The molecule has 2 rings (SSSR count). The third-order valence-corrected chi connectivity index (χ3v) is 3.84. The molecule has 0 aliphatic rings. The van der Waals surface area contributed by atoms with E-state index in [9.17, 15) is 0 Å². The second kappa shape index (κ2) is 7.56. The summed E-state index contributed by atoms with van der Waals surface area (Å²) in [5, 5.41) is 8.21. The van der Waals surface area contributed by atoms with Gasteiger partial charge in [-0.3, -0.25) is 4.68 Å². The van der Waals surface area contributed by atoms with Gasteiger partial charge in [-0.1, -0.05) is 29.8 Å². The van der Waals surface area contributed by atoms with Crippen molar-refractivity contribution in [2.75, 3.05) is 20.6 Å². The largest absolute Gasteiger partial charge is 0.308 e. The Hall–Kier alpha value is -1.65. The number of rotatable bonds is 7. The first-order chi connectivity index (χ1) is 10.5. The van der Waals surface area contributed by atoms with Crippen molar-refractivity contribution >= 4 is 0 Å². The van der Waals surface area contributed by atoms with Gasteiger partial charge in [0.2, 0.25) is 0 Å². The van der Waals surface area contributed by atoms with Crippen LogP contribution in [-0.4, -0.2) is 35.3 Å². The molecule has 1 heterocycles. The van der Waals surface area contributed by atoms with Crippen LogP contribution in [0.3, 0.4) is 0 Å². The van der Waals surface area contributed by atoms with Gasteiger partial charge in [0.05, 0.1) is 11.4 Å². The molecule has 1 aromatic heterocycles. The highest BCUT2D eigenvalue weighted by atomic mass is 15.3. The summed E-state index contributed by atoms with van der Waals surface area (Å²) in [6.45, 7) is 9.03. The third-order valence-electron chi connectivity index (χ3n) is 3.84. The van der Waals surface area contributed by atoms with Crippen molar-refractivity contribution in [1.29, 1.82) is 0 Å². The fourth-order valence-electron chi connectivity index (χ4n) is 2.69. The number of nitrogens with one attached hydrogen (secondary N) is 1. The van der Waals surface area contributed by atoms with Crippen molar-refractivity contribution in [1.82, 2.24) is 20.0 Å². The molecule has 0 aliphatic heterocycles. The number of likely N-dealkylation sites (N-methyl/N-ethyl adjacent to an activating group) is 1. The Balaban J connectivity index is 2.11. The quantitative estimate of drug-likeness (QED) is 0.853. The van der Waals surface area contributed by atoms with E-state index < -0.39 is 0 Å². The summed E-state index contributed by atoms with van der Waals surface area (Å²) in [7, 11) is 4.23. The Morgan fingerprint density at radius 3 is 2.45 bits per heavy atom. The maximum absolute atomic E-state index is 4.52. The Morgan fingerprint density at radius 2 is 1.86 bits per heavy atom. The monoisotopic (exact) mass is 300 g/mol. The maximum Gasteiger partial charge on any atom is 0.0597 e. The van der Waals surface area contributed by atoms with E-state index in [0.717, 1.165) is 25.3 Å². The van der Waals surface area contributed by atoms with Crippen LogP contribution in [-0.2, 0) is 13.1 Å². The summed E-state index contributed by atoms with van der Waals surface area (Å²) in [4.78, 5) is 2.22. The van der Waals surface area contributed by atoms with Crippen molar-refractivity contribution in [3.05, 3.63) is 52.8 Å². The molecule has 0 bridgehead atoms. The number of nitrogens with zero attached hydrogens (tertiary/aromatic N) is 3. The number of aromatic nitrogens is 2.